The summed E-state index contributed by atoms with van der Waals surface area (Å²) in [5, 5.41) is 0. The number of nitrogens with one attached hydrogen (secondary N) is 1. The molecule has 0 aliphatic heterocycles. The highest BCUT2D eigenvalue weighted by atomic mass is 79.9. The van der Waals surface area contributed by atoms with Gasteiger partial charge >= 0.3 is 0 Å². The van der Waals surface area contributed by atoms with Crippen LogP contribution in [0.5, 0.6) is 0 Å². The van der Waals surface area contributed by atoms with E-state index < -0.39 is 15.8 Å². The summed E-state index contributed by atoms with van der Waals surface area (Å²) in [5.74, 6) is -0.619. The molecule has 0 amide bonds. The maximum absolute atomic E-state index is 13.4. The van der Waals surface area contributed by atoms with Crippen LogP contribution in [0.2, 0.25) is 0 Å². The van der Waals surface area contributed by atoms with E-state index in [-0.39, 0.29) is 9.37 Å². The van der Waals surface area contributed by atoms with E-state index in [1.807, 2.05) is 6.92 Å². The zero-order chi connectivity index (χ0) is 14.0. The quantitative estimate of drug-likeness (QED) is 0.923. The fourth-order valence-corrected chi connectivity index (χ4v) is 2.80. The Kier molecular flexibility index (Phi) is 3.91. The maximum Gasteiger partial charge on any atom is 0.261 e. The molecule has 0 saturated heterocycles. The van der Waals surface area contributed by atoms with Crippen molar-refractivity contribution in [1.29, 1.82) is 0 Å². The van der Waals surface area contributed by atoms with E-state index >= 15 is 0 Å². The summed E-state index contributed by atoms with van der Waals surface area (Å²) >= 11 is 2.98. The van der Waals surface area contributed by atoms with Gasteiger partial charge < -0.3 is 0 Å². The van der Waals surface area contributed by atoms with Gasteiger partial charge in [-0.3, -0.25) is 4.72 Å². The topological polar surface area (TPSA) is 46.2 Å². The molecule has 0 radical (unpaired) electrons. The van der Waals surface area contributed by atoms with Crippen LogP contribution in [-0.2, 0) is 10.0 Å². The Morgan fingerprint density at radius 1 is 1.11 bits per heavy atom. The third kappa shape index (κ3) is 3.33. The van der Waals surface area contributed by atoms with Crippen LogP contribution in [0.1, 0.15) is 5.56 Å². The monoisotopic (exact) mass is 343 g/mol. The van der Waals surface area contributed by atoms with Gasteiger partial charge in [-0.2, -0.15) is 0 Å². The van der Waals surface area contributed by atoms with Gasteiger partial charge in [0.25, 0.3) is 10.0 Å². The minimum absolute atomic E-state index is 0.117. The molecule has 0 aliphatic rings. The van der Waals surface area contributed by atoms with Crippen LogP contribution in [0.25, 0.3) is 0 Å². The molecule has 100 valence electrons. The fraction of sp³-hybridized carbons (Fsp3) is 0.0769. The first-order valence-corrected chi connectivity index (χ1v) is 7.71. The number of sulfonamides is 1. The van der Waals surface area contributed by atoms with Crippen molar-refractivity contribution in [2.24, 2.45) is 0 Å². The average Bonchev–Trinajstić information content (AvgIpc) is 2.35. The van der Waals surface area contributed by atoms with Crippen LogP contribution in [0.4, 0.5) is 10.1 Å². The molecule has 3 nitrogen and oxygen atoms in total. The molecule has 19 heavy (non-hydrogen) atoms. The summed E-state index contributed by atoms with van der Waals surface area (Å²) < 4.78 is 40.1. The van der Waals surface area contributed by atoms with E-state index in [0.717, 1.165) is 11.6 Å². The predicted octanol–water partition coefficient (Wildman–Crippen LogP) is 3.70. The van der Waals surface area contributed by atoms with Gasteiger partial charge in [0.1, 0.15) is 5.82 Å². The van der Waals surface area contributed by atoms with E-state index in [1.54, 1.807) is 24.3 Å². The van der Waals surface area contributed by atoms with Gasteiger partial charge in [-0.1, -0.05) is 17.7 Å². The number of aryl methyl sites for hydroxylation is 1. The molecule has 1 N–H and O–H groups in total. The van der Waals surface area contributed by atoms with Gasteiger partial charge in [0.15, 0.2) is 0 Å². The lowest BCUT2D eigenvalue weighted by Gasteiger charge is -2.08. The number of anilines is 1. The van der Waals surface area contributed by atoms with Gasteiger partial charge in [-0.05, 0) is 53.2 Å². The Labute approximate surface area is 119 Å². The zero-order valence-corrected chi connectivity index (χ0v) is 12.4. The van der Waals surface area contributed by atoms with Crippen molar-refractivity contribution in [3.8, 4) is 0 Å². The van der Waals surface area contributed by atoms with Gasteiger partial charge in [-0.15, -0.1) is 0 Å². The van der Waals surface area contributed by atoms with E-state index in [9.17, 15) is 12.8 Å². The molecule has 0 spiro atoms. The second-order valence-corrected chi connectivity index (χ2v) is 6.58. The highest BCUT2D eigenvalue weighted by Crippen LogP contribution is 2.21. The number of rotatable bonds is 3. The van der Waals surface area contributed by atoms with Crippen molar-refractivity contribution in [1.82, 2.24) is 0 Å². The Balaban J connectivity index is 2.32. The fourth-order valence-electron chi connectivity index (χ4n) is 1.48. The van der Waals surface area contributed by atoms with E-state index in [2.05, 4.69) is 20.7 Å². The SMILES string of the molecule is Cc1ccc(NS(=O)(=O)c2ccc(Br)c(F)c2)cc1. The molecular weight excluding hydrogens is 333 g/mol. The molecule has 0 fully saturated rings. The third-order valence-corrected chi connectivity index (χ3v) is 4.53. The molecule has 6 heteroatoms. The van der Waals surface area contributed by atoms with Crippen LogP contribution in [-0.4, -0.2) is 8.42 Å². The third-order valence-electron chi connectivity index (χ3n) is 2.51. The van der Waals surface area contributed by atoms with Gasteiger partial charge in [0.2, 0.25) is 0 Å². The van der Waals surface area contributed by atoms with Crippen molar-refractivity contribution in [3.05, 3.63) is 58.3 Å². The first-order valence-electron chi connectivity index (χ1n) is 5.43. The van der Waals surface area contributed by atoms with Gasteiger partial charge in [-0.25, -0.2) is 12.8 Å². The summed E-state index contributed by atoms with van der Waals surface area (Å²) in [6, 6.07) is 10.6. The number of hydrogen-bond donors (Lipinski definition) is 1. The second-order valence-electron chi connectivity index (χ2n) is 4.05. The lowest BCUT2D eigenvalue weighted by atomic mass is 10.2. The van der Waals surface area contributed by atoms with Crippen molar-refractivity contribution in [2.75, 3.05) is 4.72 Å². The number of halogens is 2. The highest BCUT2D eigenvalue weighted by Gasteiger charge is 2.15. The molecule has 2 aromatic rings. The largest absolute Gasteiger partial charge is 0.280 e. The molecule has 2 aromatic carbocycles. The van der Waals surface area contributed by atoms with Crippen molar-refractivity contribution in [2.45, 2.75) is 11.8 Å². The highest BCUT2D eigenvalue weighted by molar-refractivity contribution is 9.10. The lowest BCUT2D eigenvalue weighted by molar-refractivity contribution is 0.593. The summed E-state index contributed by atoms with van der Waals surface area (Å²) in [7, 11) is -3.78. The summed E-state index contributed by atoms with van der Waals surface area (Å²) in [5.41, 5.74) is 1.46. The van der Waals surface area contributed by atoms with Crippen molar-refractivity contribution < 1.29 is 12.8 Å². The number of hydrogen-bond acceptors (Lipinski definition) is 2. The van der Waals surface area contributed by atoms with Crippen LogP contribution in [0, 0.1) is 12.7 Å². The first kappa shape index (κ1) is 14.0. The molecular formula is C13H11BrFNO2S. The zero-order valence-electron chi connectivity index (χ0n) is 10.0. The van der Waals surface area contributed by atoms with Gasteiger partial charge in [0.05, 0.1) is 9.37 Å². The molecule has 0 bridgehead atoms. The molecule has 0 aliphatic carbocycles. The van der Waals surface area contributed by atoms with Crippen LogP contribution in [0.15, 0.2) is 51.8 Å². The van der Waals surface area contributed by atoms with E-state index in [0.29, 0.717) is 5.69 Å². The van der Waals surface area contributed by atoms with Gasteiger partial charge in [0, 0.05) is 5.69 Å². The smallest absolute Gasteiger partial charge is 0.261 e. The van der Waals surface area contributed by atoms with Crippen LogP contribution in [0.3, 0.4) is 0 Å². The minimum Gasteiger partial charge on any atom is -0.280 e. The Morgan fingerprint density at radius 2 is 1.74 bits per heavy atom. The summed E-state index contributed by atoms with van der Waals surface area (Å²) in [6.07, 6.45) is 0. The normalized spacial score (nSPS) is 11.3. The minimum atomic E-state index is -3.78. The predicted molar refractivity (Wildman–Crippen MR) is 76.1 cm³/mol. The first-order chi connectivity index (χ1) is 8.88. The number of benzene rings is 2. The van der Waals surface area contributed by atoms with Crippen molar-refractivity contribution in [3.63, 3.8) is 0 Å². The molecule has 0 aromatic heterocycles. The average molecular weight is 344 g/mol. The molecule has 0 unspecified atom stereocenters. The Bertz CT molecular complexity index is 699. The van der Waals surface area contributed by atoms with Crippen LogP contribution < -0.4 is 4.72 Å². The maximum atomic E-state index is 13.4. The lowest BCUT2D eigenvalue weighted by Crippen LogP contribution is -2.13. The standard InChI is InChI=1S/C13H11BrFNO2S/c1-9-2-4-10(5-3-9)16-19(17,18)11-6-7-12(14)13(15)8-11/h2-8,16H,1H3. The van der Waals surface area contributed by atoms with Crippen LogP contribution >= 0.6 is 15.9 Å². The molecule has 0 atom stereocenters. The summed E-state index contributed by atoms with van der Waals surface area (Å²) in [4.78, 5) is -0.117. The van der Waals surface area contributed by atoms with E-state index in [1.165, 1.54) is 12.1 Å². The second kappa shape index (κ2) is 5.30. The molecule has 0 heterocycles. The summed E-state index contributed by atoms with van der Waals surface area (Å²) in [6.45, 7) is 1.91. The van der Waals surface area contributed by atoms with Crippen molar-refractivity contribution >= 4 is 31.6 Å². The Hall–Kier alpha value is -1.40. The Morgan fingerprint density at radius 3 is 2.32 bits per heavy atom. The molecule has 0 saturated carbocycles. The molecule has 2 rings (SSSR count). The van der Waals surface area contributed by atoms with E-state index in [4.69, 9.17) is 0 Å².